The molecule has 28 heavy (non-hydrogen) atoms. The molecule has 0 fully saturated rings. The molecule has 0 aliphatic rings. The molecular weight excluding hydrogens is 363 g/mol. The first kappa shape index (κ1) is 19.0. The summed E-state index contributed by atoms with van der Waals surface area (Å²) in [5.41, 5.74) is 5.18. The van der Waals surface area contributed by atoms with Crippen LogP contribution >= 0.6 is 0 Å². The standard InChI is InChI=1S/C20H17FN4O3/c1-13-11-18(14(2)24(13)17-9-7-16(21)8-10-17)20(26)23-22-12-15-5-3-4-6-19(15)25(27)28/h3-12H,1-2H3,(H,23,26). The van der Waals surface area contributed by atoms with Crippen LogP contribution in [-0.4, -0.2) is 21.6 Å². The van der Waals surface area contributed by atoms with Gasteiger partial charge in [0.1, 0.15) is 5.82 Å². The normalized spacial score (nSPS) is 11.0. The lowest BCUT2D eigenvalue weighted by atomic mass is 10.2. The lowest BCUT2D eigenvalue weighted by molar-refractivity contribution is -0.385. The highest BCUT2D eigenvalue weighted by atomic mass is 19.1. The number of hydrogen-bond acceptors (Lipinski definition) is 4. The maximum Gasteiger partial charge on any atom is 0.278 e. The molecule has 0 atom stereocenters. The van der Waals surface area contributed by atoms with Crippen molar-refractivity contribution in [3.05, 3.63) is 93.0 Å². The largest absolute Gasteiger partial charge is 0.318 e. The van der Waals surface area contributed by atoms with E-state index in [9.17, 15) is 19.3 Å². The Hall–Kier alpha value is -3.81. The number of hydrogen-bond donors (Lipinski definition) is 1. The number of nitrogens with one attached hydrogen (secondary N) is 1. The van der Waals surface area contributed by atoms with Crippen molar-refractivity contribution in [2.24, 2.45) is 5.10 Å². The average molecular weight is 380 g/mol. The van der Waals surface area contributed by atoms with Crippen LogP contribution in [-0.2, 0) is 0 Å². The minimum absolute atomic E-state index is 0.102. The minimum Gasteiger partial charge on any atom is -0.318 e. The summed E-state index contributed by atoms with van der Waals surface area (Å²) in [5.74, 6) is -0.787. The van der Waals surface area contributed by atoms with Gasteiger partial charge in [-0.25, -0.2) is 9.82 Å². The number of rotatable bonds is 5. The van der Waals surface area contributed by atoms with Crippen molar-refractivity contribution in [1.82, 2.24) is 9.99 Å². The number of benzene rings is 2. The first-order chi connectivity index (χ1) is 13.4. The van der Waals surface area contributed by atoms with Crippen LogP contribution in [0, 0.1) is 29.8 Å². The molecule has 0 saturated carbocycles. The highest BCUT2D eigenvalue weighted by molar-refractivity contribution is 5.96. The number of carbonyl (C=O) groups excluding carboxylic acids is 1. The van der Waals surface area contributed by atoms with Gasteiger partial charge < -0.3 is 4.57 Å². The second-order valence-electron chi connectivity index (χ2n) is 6.11. The number of nitro groups is 1. The molecule has 1 amide bonds. The first-order valence-electron chi connectivity index (χ1n) is 8.40. The minimum atomic E-state index is -0.514. The smallest absolute Gasteiger partial charge is 0.278 e. The first-order valence-corrected chi connectivity index (χ1v) is 8.40. The van der Waals surface area contributed by atoms with E-state index in [4.69, 9.17) is 0 Å². The Morgan fingerprint density at radius 2 is 1.86 bits per heavy atom. The number of carbonyl (C=O) groups is 1. The molecule has 1 heterocycles. The molecule has 2 aromatic carbocycles. The second kappa shape index (κ2) is 7.83. The van der Waals surface area contributed by atoms with Gasteiger partial charge in [-0.2, -0.15) is 5.10 Å². The van der Waals surface area contributed by atoms with E-state index in [0.29, 0.717) is 11.3 Å². The number of aryl methyl sites for hydroxylation is 1. The molecular formula is C20H17FN4O3. The van der Waals surface area contributed by atoms with E-state index in [-0.39, 0.29) is 17.1 Å². The number of halogens is 1. The van der Waals surface area contributed by atoms with E-state index in [1.807, 2.05) is 11.5 Å². The van der Waals surface area contributed by atoms with Crippen molar-refractivity contribution in [2.75, 3.05) is 0 Å². The Labute approximate surface area is 160 Å². The molecule has 3 rings (SSSR count). The molecule has 1 N–H and O–H groups in total. The van der Waals surface area contributed by atoms with Crippen LogP contribution in [0.4, 0.5) is 10.1 Å². The number of para-hydroxylation sites is 1. The molecule has 8 heteroatoms. The van der Waals surface area contributed by atoms with Crippen LogP contribution in [0.2, 0.25) is 0 Å². The van der Waals surface area contributed by atoms with Crippen molar-refractivity contribution in [2.45, 2.75) is 13.8 Å². The van der Waals surface area contributed by atoms with E-state index >= 15 is 0 Å². The van der Waals surface area contributed by atoms with Crippen LogP contribution in [0.5, 0.6) is 0 Å². The number of aromatic nitrogens is 1. The Kier molecular flexibility index (Phi) is 5.30. The molecule has 0 aliphatic carbocycles. The molecule has 1 aromatic heterocycles. The summed E-state index contributed by atoms with van der Waals surface area (Å²) in [6.45, 7) is 3.61. The van der Waals surface area contributed by atoms with Gasteiger partial charge in [-0.3, -0.25) is 14.9 Å². The monoisotopic (exact) mass is 380 g/mol. The van der Waals surface area contributed by atoms with Crippen molar-refractivity contribution < 1.29 is 14.1 Å². The third kappa shape index (κ3) is 3.80. The fourth-order valence-electron chi connectivity index (χ4n) is 2.96. The molecule has 0 saturated heterocycles. The maximum absolute atomic E-state index is 13.2. The van der Waals surface area contributed by atoms with E-state index in [1.54, 1.807) is 37.3 Å². The summed E-state index contributed by atoms with van der Waals surface area (Å²) >= 11 is 0. The van der Waals surface area contributed by atoms with Gasteiger partial charge in [-0.15, -0.1) is 0 Å². The zero-order valence-corrected chi connectivity index (χ0v) is 15.2. The highest BCUT2D eigenvalue weighted by Crippen LogP contribution is 2.21. The van der Waals surface area contributed by atoms with E-state index in [1.165, 1.54) is 30.5 Å². The fraction of sp³-hybridized carbons (Fsp3) is 0.100. The predicted octanol–water partition coefficient (Wildman–Crippen LogP) is 3.91. The Morgan fingerprint density at radius 3 is 2.54 bits per heavy atom. The van der Waals surface area contributed by atoms with Crippen LogP contribution in [0.25, 0.3) is 5.69 Å². The van der Waals surface area contributed by atoms with Crippen LogP contribution in [0.3, 0.4) is 0 Å². The van der Waals surface area contributed by atoms with Gasteiger partial charge in [0.15, 0.2) is 0 Å². The third-order valence-electron chi connectivity index (χ3n) is 4.26. The second-order valence-corrected chi connectivity index (χ2v) is 6.11. The summed E-state index contributed by atoms with van der Waals surface area (Å²) in [6, 6.07) is 13.8. The van der Waals surface area contributed by atoms with Crippen molar-refractivity contribution >= 4 is 17.8 Å². The molecule has 3 aromatic rings. The lowest BCUT2D eigenvalue weighted by Gasteiger charge is -2.09. The molecule has 142 valence electrons. The summed E-state index contributed by atoms with van der Waals surface area (Å²) in [4.78, 5) is 23.0. The molecule has 7 nitrogen and oxygen atoms in total. The highest BCUT2D eigenvalue weighted by Gasteiger charge is 2.16. The summed E-state index contributed by atoms with van der Waals surface area (Å²) in [5, 5.41) is 14.8. The molecule has 0 radical (unpaired) electrons. The van der Waals surface area contributed by atoms with E-state index < -0.39 is 10.8 Å². The SMILES string of the molecule is Cc1cc(C(=O)NN=Cc2ccccc2[N+](=O)[O-])c(C)n1-c1ccc(F)cc1. The Balaban J connectivity index is 1.82. The number of hydrazone groups is 1. The predicted molar refractivity (Wildman–Crippen MR) is 103 cm³/mol. The number of nitrogens with zero attached hydrogens (tertiary/aromatic N) is 3. The van der Waals surface area contributed by atoms with Crippen LogP contribution in [0.15, 0.2) is 59.7 Å². The third-order valence-corrected chi connectivity index (χ3v) is 4.26. The van der Waals surface area contributed by atoms with Gasteiger partial charge in [-0.1, -0.05) is 12.1 Å². The fourth-order valence-corrected chi connectivity index (χ4v) is 2.96. The molecule has 0 spiro atoms. The Bertz CT molecular complexity index is 1070. The van der Waals surface area contributed by atoms with Crippen molar-refractivity contribution in [3.63, 3.8) is 0 Å². The van der Waals surface area contributed by atoms with Gasteiger partial charge in [-0.05, 0) is 50.2 Å². The summed E-state index contributed by atoms with van der Waals surface area (Å²) in [7, 11) is 0. The van der Waals surface area contributed by atoms with Crippen LogP contribution < -0.4 is 5.43 Å². The topological polar surface area (TPSA) is 89.5 Å². The van der Waals surface area contributed by atoms with Gasteiger partial charge >= 0.3 is 0 Å². The van der Waals surface area contributed by atoms with Gasteiger partial charge in [0, 0.05) is 23.1 Å². The molecule has 0 aliphatic heterocycles. The van der Waals surface area contributed by atoms with Gasteiger partial charge in [0.05, 0.1) is 22.3 Å². The van der Waals surface area contributed by atoms with E-state index in [2.05, 4.69) is 10.5 Å². The zero-order valence-electron chi connectivity index (χ0n) is 15.2. The lowest BCUT2D eigenvalue weighted by Crippen LogP contribution is -2.18. The quantitative estimate of drug-likeness (QED) is 0.413. The average Bonchev–Trinajstić information content (AvgIpc) is 2.97. The van der Waals surface area contributed by atoms with Crippen molar-refractivity contribution in [3.8, 4) is 5.69 Å². The van der Waals surface area contributed by atoms with Crippen molar-refractivity contribution in [1.29, 1.82) is 0 Å². The zero-order chi connectivity index (χ0) is 20.3. The number of amides is 1. The molecule has 0 bridgehead atoms. The Morgan fingerprint density at radius 1 is 1.18 bits per heavy atom. The maximum atomic E-state index is 13.2. The summed E-state index contributed by atoms with van der Waals surface area (Å²) < 4.78 is 15.0. The number of nitro benzene ring substituents is 1. The van der Waals surface area contributed by atoms with Gasteiger partial charge in [0.25, 0.3) is 11.6 Å². The van der Waals surface area contributed by atoms with Crippen LogP contribution in [0.1, 0.15) is 27.3 Å². The molecule has 0 unspecified atom stereocenters. The van der Waals surface area contributed by atoms with Gasteiger partial charge in [0.2, 0.25) is 0 Å². The van der Waals surface area contributed by atoms with E-state index in [0.717, 1.165) is 11.4 Å². The summed E-state index contributed by atoms with van der Waals surface area (Å²) in [6.07, 6.45) is 1.23.